The third-order valence-electron chi connectivity index (χ3n) is 4.11. The fraction of sp³-hybridized carbons (Fsp3) is 0.150. The van der Waals surface area contributed by atoms with E-state index in [-0.39, 0.29) is 17.4 Å². The van der Waals surface area contributed by atoms with Crippen LogP contribution in [0.5, 0.6) is 17.4 Å². The second-order valence-electron chi connectivity index (χ2n) is 5.99. The highest BCUT2D eigenvalue weighted by Gasteiger charge is 2.17. The zero-order valence-electron chi connectivity index (χ0n) is 16.4. The van der Waals surface area contributed by atoms with Crippen molar-refractivity contribution in [1.82, 2.24) is 15.3 Å². The minimum atomic E-state index is -0.312. The Bertz CT molecular complexity index is 986. The number of amides is 1. The number of ether oxygens (including phenoxy) is 2. The average Bonchev–Trinajstić information content (AvgIpc) is 2.77. The van der Waals surface area contributed by atoms with Gasteiger partial charge in [0.25, 0.3) is 5.91 Å². The first-order valence-electron chi connectivity index (χ1n) is 8.90. The summed E-state index contributed by atoms with van der Waals surface area (Å²) in [5.74, 6) is 1.24. The van der Waals surface area contributed by atoms with Gasteiger partial charge in [-0.05, 0) is 36.1 Å². The number of nitrogens with one attached hydrogen (secondary N) is 2. The molecule has 0 saturated carbocycles. The van der Waals surface area contributed by atoms with Crippen LogP contribution < -0.4 is 20.0 Å². The molecule has 3 rings (SSSR count). The maximum absolute atomic E-state index is 12.8. The molecule has 0 aliphatic heterocycles. The first kappa shape index (κ1) is 20.5. The molecule has 1 aromatic heterocycles. The molecular formula is C20H21BN4O3S. The summed E-state index contributed by atoms with van der Waals surface area (Å²) in [6.07, 6.45) is 3.35. The number of thioether (sulfide) groups is 1. The standard InChI is InChI=1S/C20H21BN4O3S/c1-27-15-8-6-13(7-9-15)11-22-18(26)17-12-23-20(29-2)24-19(17)28-16-5-3-4-14(10-16)25-21/h3-10,12,25H,11,21H2,1-2H3,(H,22,26). The van der Waals surface area contributed by atoms with Gasteiger partial charge < -0.3 is 20.0 Å². The van der Waals surface area contributed by atoms with Gasteiger partial charge in [0.15, 0.2) is 5.16 Å². The van der Waals surface area contributed by atoms with Crippen LogP contribution in [0.1, 0.15) is 15.9 Å². The lowest BCUT2D eigenvalue weighted by Gasteiger charge is -2.12. The van der Waals surface area contributed by atoms with Crippen LogP contribution in [0, 0.1) is 0 Å². The summed E-state index contributed by atoms with van der Waals surface area (Å²) in [6.45, 7) is 0.363. The molecule has 7 nitrogen and oxygen atoms in total. The van der Waals surface area contributed by atoms with Crippen LogP contribution in [-0.2, 0) is 6.54 Å². The summed E-state index contributed by atoms with van der Waals surface area (Å²) >= 11 is 1.38. The summed E-state index contributed by atoms with van der Waals surface area (Å²) in [5, 5.41) is 6.46. The van der Waals surface area contributed by atoms with Crippen molar-refractivity contribution in [2.45, 2.75) is 11.7 Å². The Morgan fingerprint density at radius 3 is 2.66 bits per heavy atom. The summed E-state index contributed by atoms with van der Waals surface area (Å²) < 4.78 is 11.1. The minimum absolute atomic E-state index is 0.213. The number of nitrogens with zero attached hydrogens (tertiary/aromatic N) is 2. The molecule has 2 aromatic carbocycles. The Morgan fingerprint density at radius 1 is 1.17 bits per heavy atom. The van der Waals surface area contributed by atoms with Crippen molar-refractivity contribution in [3.63, 3.8) is 0 Å². The van der Waals surface area contributed by atoms with Crippen molar-refractivity contribution < 1.29 is 14.3 Å². The van der Waals surface area contributed by atoms with Crippen molar-refractivity contribution in [3.8, 4) is 17.4 Å². The zero-order chi connectivity index (χ0) is 20.6. The van der Waals surface area contributed by atoms with Gasteiger partial charge in [-0.3, -0.25) is 4.79 Å². The highest BCUT2D eigenvalue weighted by atomic mass is 32.2. The van der Waals surface area contributed by atoms with E-state index in [0.717, 1.165) is 17.0 Å². The first-order chi connectivity index (χ1) is 14.1. The maximum atomic E-state index is 12.8. The lowest BCUT2D eigenvalue weighted by Crippen LogP contribution is -2.24. The lowest BCUT2D eigenvalue weighted by molar-refractivity contribution is 0.0947. The Balaban J connectivity index is 1.78. The topological polar surface area (TPSA) is 85.4 Å². The van der Waals surface area contributed by atoms with E-state index in [4.69, 9.17) is 9.47 Å². The molecule has 9 heteroatoms. The van der Waals surface area contributed by atoms with Crippen LogP contribution in [0.25, 0.3) is 0 Å². The van der Waals surface area contributed by atoms with E-state index in [1.54, 1.807) is 13.2 Å². The zero-order valence-corrected chi connectivity index (χ0v) is 17.2. The molecule has 0 radical (unpaired) electrons. The Morgan fingerprint density at radius 2 is 1.97 bits per heavy atom. The van der Waals surface area contributed by atoms with E-state index in [1.807, 2.05) is 56.7 Å². The summed E-state index contributed by atoms with van der Waals surface area (Å²) in [7, 11) is 3.44. The number of hydrogen-bond acceptors (Lipinski definition) is 7. The van der Waals surface area contributed by atoms with Crippen molar-refractivity contribution in [2.75, 3.05) is 18.6 Å². The molecule has 0 saturated heterocycles. The predicted octanol–water partition coefficient (Wildman–Crippen LogP) is 2.89. The molecule has 0 unspecified atom stereocenters. The largest absolute Gasteiger partial charge is 0.497 e. The van der Waals surface area contributed by atoms with E-state index >= 15 is 0 Å². The Kier molecular flexibility index (Phi) is 6.96. The van der Waals surface area contributed by atoms with E-state index in [1.165, 1.54) is 18.0 Å². The Hall–Kier alpha value is -3.20. The van der Waals surface area contributed by atoms with Crippen LogP contribution in [0.2, 0.25) is 0 Å². The average molecular weight is 408 g/mol. The molecule has 2 N–H and O–H groups in total. The van der Waals surface area contributed by atoms with Gasteiger partial charge >= 0.3 is 0 Å². The number of rotatable bonds is 8. The first-order valence-corrected chi connectivity index (χ1v) is 10.1. The quantitative estimate of drug-likeness (QED) is 0.337. The second kappa shape index (κ2) is 9.84. The molecule has 0 fully saturated rings. The molecule has 148 valence electrons. The SMILES string of the molecule is BNc1cccc(Oc2nc(SC)ncc2C(=O)NCc2ccc(OC)cc2)c1. The van der Waals surface area contributed by atoms with Crippen LogP contribution in [0.3, 0.4) is 0 Å². The number of anilines is 1. The van der Waals surface area contributed by atoms with Crippen LogP contribution in [-0.4, -0.2) is 37.2 Å². The van der Waals surface area contributed by atoms with Crippen molar-refractivity contribution >= 4 is 31.3 Å². The number of aromatic nitrogens is 2. The molecule has 0 aliphatic carbocycles. The van der Waals surface area contributed by atoms with Gasteiger partial charge in [-0.2, -0.15) is 4.98 Å². The van der Waals surface area contributed by atoms with Crippen molar-refractivity contribution in [2.24, 2.45) is 0 Å². The number of benzene rings is 2. The van der Waals surface area contributed by atoms with Crippen molar-refractivity contribution in [3.05, 3.63) is 65.9 Å². The fourth-order valence-electron chi connectivity index (χ4n) is 2.53. The van der Waals surface area contributed by atoms with Gasteiger partial charge in [-0.15, -0.1) is 0 Å². The minimum Gasteiger partial charge on any atom is -0.497 e. The van der Waals surface area contributed by atoms with E-state index in [0.29, 0.717) is 17.5 Å². The normalized spacial score (nSPS) is 10.3. The monoisotopic (exact) mass is 408 g/mol. The Labute approximate surface area is 174 Å². The molecule has 29 heavy (non-hydrogen) atoms. The molecule has 0 aliphatic rings. The van der Waals surface area contributed by atoms with Crippen molar-refractivity contribution in [1.29, 1.82) is 0 Å². The number of carbonyl (C=O) groups excluding carboxylic acids is 1. The summed E-state index contributed by atoms with van der Waals surface area (Å²) in [6, 6.07) is 14.9. The van der Waals surface area contributed by atoms with E-state index in [9.17, 15) is 4.79 Å². The number of hydrogen-bond donors (Lipinski definition) is 2. The lowest BCUT2D eigenvalue weighted by atomic mass is 10.2. The molecule has 1 heterocycles. The number of carbonyl (C=O) groups is 1. The summed E-state index contributed by atoms with van der Waals surface area (Å²) in [4.78, 5) is 21.3. The number of methoxy groups -OCH3 is 1. The molecule has 0 bridgehead atoms. The van der Waals surface area contributed by atoms with Gasteiger partial charge in [0, 0.05) is 24.5 Å². The fourth-order valence-corrected chi connectivity index (χ4v) is 2.86. The molecule has 0 spiro atoms. The predicted molar refractivity (Wildman–Crippen MR) is 117 cm³/mol. The van der Waals surface area contributed by atoms with Crippen LogP contribution >= 0.6 is 11.8 Å². The van der Waals surface area contributed by atoms with Crippen LogP contribution in [0.15, 0.2) is 59.9 Å². The smallest absolute Gasteiger partial charge is 0.258 e. The second-order valence-corrected chi connectivity index (χ2v) is 6.76. The maximum Gasteiger partial charge on any atom is 0.258 e. The molecular weight excluding hydrogens is 387 g/mol. The summed E-state index contributed by atoms with van der Waals surface area (Å²) in [5.41, 5.74) is 2.11. The van der Waals surface area contributed by atoms with Gasteiger partial charge in [-0.25, -0.2) is 4.98 Å². The third-order valence-corrected chi connectivity index (χ3v) is 4.67. The highest BCUT2D eigenvalue weighted by molar-refractivity contribution is 7.98. The molecule has 3 aromatic rings. The van der Waals surface area contributed by atoms with Gasteiger partial charge in [0.2, 0.25) is 13.9 Å². The highest BCUT2D eigenvalue weighted by Crippen LogP contribution is 2.27. The van der Waals surface area contributed by atoms with Gasteiger partial charge in [-0.1, -0.05) is 30.0 Å². The van der Waals surface area contributed by atoms with Gasteiger partial charge in [0.05, 0.1) is 7.11 Å². The van der Waals surface area contributed by atoms with E-state index < -0.39 is 0 Å². The third kappa shape index (κ3) is 5.42. The van der Waals surface area contributed by atoms with Gasteiger partial charge in [0.1, 0.15) is 17.1 Å². The van der Waals surface area contributed by atoms with Crippen LogP contribution in [0.4, 0.5) is 5.69 Å². The molecule has 1 amide bonds. The molecule has 0 atom stereocenters. The van der Waals surface area contributed by atoms with E-state index in [2.05, 4.69) is 20.5 Å².